The van der Waals surface area contributed by atoms with Gasteiger partial charge in [0, 0.05) is 32.6 Å². The summed E-state index contributed by atoms with van der Waals surface area (Å²) in [4.78, 5) is 6.41. The standard InChI is InChI=1S/C9H15N3O/c1-2-8-11-7-9(13-8)12-5-3-10-4-6-12/h7,10H,2-6H2,1H3. The summed E-state index contributed by atoms with van der Waals surface area (Å²) in [6, 6.07) is 0. The normalized spacial score (nSPS) is 17.8. The van der Waals surface area contributed by atoms with Gasteiger partial charge in [0.15, 0.2) is 5.89 Å². The maximum Gasteiger partial charge on any atom is 0.216 e. The Balaban J connectivity index is 2.05. The fraction of sp³-hybridized carbons (Fsp3) is 0.667. The molecular weight excluding hydrogens is 166 g/mol. The van der Waals surface area contributed by atoms with Crippen LogP contribution in [0.15, 0.2) is 10.6 Å². The highest BCUT2D eigenvalue weighted by atomic mass is 16.4. The van der Waals surface area contributed by atoms with Gasteiger partial charge in [0.1, 0.15) is 0 Å². The number of aryl methyl sites for hydroxylation is 1. The van der Waals surface area contributed by atoms with Crippen molar-refractivity contribution in [2.24, 2.45) is 0 Å². The van der Waals surface area contributed by atoms with Crippen molar-refractivity contribution in [3.05, 3.63) is 12.1 Å². The van der Waals surface area contributed by atoms with E-state index in [0.717, 1.165) is 44.4 Å². The second kappa shape index (κ2) is 3.79. The Bertz CT molecular complexity index is 266. The summed E-state index contributed by atoms with van der Waals surface area (Å²) in [7, 11) is 0. The van der Waals surface area contributed by atoms with Crippen LogP contribution in [0.5, 0.6) is 0 Å². The van der Waals surface area contributed by atoms with E-state index in [0.29, 0.717) is 0 Å². The van der Waals surface area contributed by atoms with Gasteiger partial charge in [0.2, 0.25) is 5.88 Å². The average molecular weight is 181 g/mol. The number of rotatable bonds is 2. The van der Waals surface area contributed by atoms with Crippen LogP contribution >= 0.6 is 0 Å². The molecule has 0 radical (unpaired) electrons. The zero-order valence-electron chi connectivity index (χ0n) is 7.92. The second-order valence-corrected chi connectivity index (χ2v) is 3.18. The van der Waals surface area contributed by atoms with Crippen LogP contribution in [0.2, 0.25) is 0 Å². The lowest BCUT2D eigenvalue weighted by Gasteiger charge is -2.26. The average Bonchev–Trinajstić information content (AvgIpc) is 2.67. The van der Waals surface area contributed by atoms with Crippen LogP contribution in [0.1, 0.15) is 12.8 Å². The smallest absolute Gasteiger partial charge is 0.216 e. The van der Waals surface area contributed by atoms with Crippen LogP contribution in [-0.4, -0.2) is 31.2 Å². The highest BCUT2D eigenvalue weighted by molar-refractivity contribution is 5.33. The van der Waals surface area contributed by atoms with Crippen molar-refractivity contribution < 1.29 is 4.42 Å². The Morgan fingerprint density at radius 1 is 1.54 bits per heavy atom. The van der Waals surface area contributed by atoms with Crippen LogP contribution in [0.3, 0.4) is 0 Å². The van der Waals surface area contributed by atoms with Gasteiger partial charge in [-0.3, -0.25) is 0 Å². The molecule has 1 saturated heterocycles. The van der Waals surface area contributed by atoms with Crippen LogP contribution in [0.25, 0.3) is 0 Å². The third-order valence-electron chi connectivity index (χ3n) is 2.27. The Hall–Kier alpha value is -1.03. The predicted molar refractivity (Wildman–Crippen MR) is 51.0 cm³/mol. The zero-order chi connectivity index (χ0) is 9.10. The monoisotopic (exact) mass is 181 g/mol. The van der Waals surface area contributed by atoms with Gasteiger partial charge >= 0.3 is 0 Å². The number of aromatic nitrogens is 1. The first-order chi connectivity index (χ1) is 6.40. The van der Waals surface area contributed by atoms with Crippen molar-refractivity contribution in [1.82, 2.24) is 10.3 Å². The Morgan fingerprint density at radius 3 is 2.92 bits per heavy atom. The van der Waals surface area contributed by atoms with E-state index in [1.165, 1.54) is 0 Å². The number of piperazine rings is 1. The molecule has 0 saturated carbocycles. The fourth-order valence-electron chi connectivity index (χ4n) is 1.50. The van der Waals surface area contributed by atoms with E-state index < -0.39 is 0 Å². The number of hydrogen-bond acceptors (Lipinski definition) is 4. The first kappa shape index (κ1) is 8.56. The third kappa shape index (κ3) is 1.83. The van der Waals surface area contributed by atoms with Crippen LogP contribution in [0, 0.1) is 0 Å². The van der Waals surface area contributed by atoms with Gasteiger partial charge in [0.05, 0.1) is 6.20 Å². The van der Waals surface area contributed by atoms with E-state index >= 15 is 0 Å². The molecule has 0 aliphatic carbocycles. The zero-order valence-corrected chi connectivity index (χ0v) is 7.92. The van der Waals surface area contributed by atoms with E-state index in [1.807, 2.05) is 13.1 Å². The Labute approximate surface area is 77.9 Å². The quantitative estimate of drug-likeness (QED) is 0.727. The topological polar surface area (TPSA) is 41.3 Å². The predicted octanol–water partition coefficient (Wildman–Crippen LogP) is 0.647. The molecule has 0 spiro atoms. The molecule has 72 valence electrons. The summed E-state index contributed by atoms with van der Waals surface area (Å²) in [6.07, 6.45) is 2.69. The number of anilines is 1. The summed E-state index contributed by atoms with van der Waals surface area (Å²) in [5.41, 5.74) is 0. The molecule has 0 atom stereocenters. The van der Waals surface area contributed by atoms with Crippen molar-refractivity contribution in [1.29, 1.82) is 0 Å². The van der Waals surface area contributed by atoms with E-state index in [2.05, 4.69) is 15.2 Å². The maximum atomic E-state index is 5.56. The van der Waals surface area contributed by atoms with Gasteiger partial charge in [0.25, 0.3) is 0 Å². The first-order valence-electron chi connectivity index (χ1n) is 4.80. The lowest BCUT2D eigenvalue weighted by Crippen LogP contribution is -2.43. The molecule has 1 aromatic heterocycles. The summed E-state index contributed by atoms with van der Waals surface area (Å²) in [5, 5.41) is 3.30. The van der Waals surface area contributed by atoms with Gasteiger partial charge in [-0.15, -0.1) is 0 Å². The van der Waals surface area contributed by atoms with Crippen LogP contribution in [0.4, 0.5) is 5.88 Å². The van der Waals surface area contributed by atoms with Gasteiger partial charge in [-0.2, -0.15) is 0 Å². The molecule has 1 aliphatic heterocycles. The summed E-state index contributed by atoms with van der Waals surface area (Å²) in [6.45, 7) is 6.13. The summed E-state index contributed by atoms with van der Waals surface area (Å²) >= 11 is 0. The molecule has 4 heteroatoms. The van der Waals surface area contributed by atoms with E-state index in [-0.39, 0.29) is 0 Å². The van der Waals surface area contributed by atoms with Gasteiger partial charge in [-0.05, 0) is 0 Å². The van der Waals surface area contributed by atoms with Crippen molar-refractivity contribution in [2.45, 2.75) is 13.3 Å². The Morgan fingerprint density at radius 2 is 2.31 bits per heavy atom. The minimum Gasteiger partial charge on any atom is -0.425 e. The van der Waals surface area contributed by atoms with Crippen molar-refractivity contribution >= 4 is 5.88 Å². The molecule has 4 nitrogen and oxygen atoms in total. The summed E-state index contributed by atoms with van der Waals surface area (Å²) in [5.74, 6) is 1.74. The molecule has 1 aromatic rings. The highest BCUT2D eigenvalue weighted by Gasteiger charge is 2.13. The summed E-state index contributed by atoms with van der Waals surface area (Å²) < 4.78 is 5.56. The minimum absolute atomic E-state index is 0.827. The second-order valence-electron chi connectivity index (χ2n) is 3.18. The largest absolute Gasteiger partial charge is 0.425 e. The molecule has 0 bridgehead atoms. The molecule has 1 aliphatic rings. The van der Waals surface area contributed by atoms with E-state index in [9.17, 15) is 0 Å². The lowest BCUT2D eigenvalue weighted by molar-refractivity contribution is 0.472. The van der Waals surface area contributed by atoms with Gasteiger partial charge < -0.3 is 14.6 Å². The van der Waals surface area contributed by atoms with Crippen molar-refractivity contribution in [3.63, 3.8) is 0 Å². The molecule has 13 heavy (non-hydrogen) atoms. The minimum atomic E-state index is 0.827. The SMILES string of the molecule is CCc1ncc(N2CCNCC2)o1. The first-order valence-corrected chi connectivity index (χ1v) is 4.80. The van der Waals surface area contributed by atoms with Gasteiger partial charge in [-0.1, -0.05) is 6.92 Å². The number of nitrogens with one attached hydrogen (secondary N) is 1. The molecule has 2 heterocycles. The molecule has 0 aromatic carbocycles. The molecule has 0 amide bonds. The molecule has 1 fully saturated rings. The van der Waals surface area contributed by atoms with Crippen LogP contribution in [-0.2, 0) is 6.42 Å². The van der Waals surface area contributed by atoms with Crippen molar-refractivity contribution in [2.75, 3.05) is 31.1 Å². The fourth-order valence-corrected chi connectivity index (χ4v) is 1.50. The van der Waals surface area contributed by atoms with E-state index in [4.69, 9.17) is 4.42 Å². The molecule has 1 N–H and O–H groups in total. The lowest BCUT2D eigenvalue weighted by atomic mass is 10.4. The molecule has 2 rings (SSSR count). The number of nitrogens with zero attached hydrogens (tertiary/aromatic N) is 2. The Kier molecular flexibility index (Phi) is 2.49. The van der Waals surface area contributed by atoms with Crippen LogP contribution < -0.4 is 10.2 Å². The third-order valence-corrected chi connectivity index (χ3v) is 2.27. The number of oxazole rings is 1. The van der Waals surface area contributed by atoms with Gasteiger partial charge in [-0.25, -0.2) is 4.98 Å². The highest BCUT2D eigenvalue weighted by Crippen LogP contribution is 2.16. The van der Waals surface area contributed by atoms with E-state index in [1.54, 1.807) is 0 Å². The molecular formula is C9H15N3O. The van der Waals surface area contributed by atoms with Crippen molar-refractivity contribution in [3.8, 4) is 0 Å². The maximum absolute atomic E-state index is 5.56. The molecule has 0 unspecified atom stereocenters. The number of hydrogen-bond donors (Lipinski definition) is 1.